The van der Waals surface area contributed by atoms with Gasteiger partial charge in [0.05, 0.1) is 19.0 Å². The number of nitrogens with zero attached hydrogens (tertiary/aromatic N) is 1. The predicted octanol–water partition coefficient (Wildman–Crippen LogP) is 2.89. The maximum Gasteiger partial charge on any atom is 0.247 e. The minimum absolute atomic E-state index is 0.173. The van der Waals surface area contributed by atoms with Crippen LogP contribution < -0.4 is 15.4 Å². The quantitative estimate of drug-likeness (QED) is 0.587. The number of benzene rings is 1. The van der Waals surface area contributed by atoms with Crippen LogP contribution in [0.25, 0.3) is 10.9 Å². The van der Waals surface area contributed by atoms with Crippen LogP contribution in [0.2, 0.25) is 0 Å². The Bertz CT molecular complexity index is 963. The molecular weight excluding hydrogens is 356 g/mol. The molecule has 0 saturated carbocycles. The van der Waals surface area contributed by atoms with Gasteiger partial charge in [-0.25, -0.2) is 4.98 Å². The van der Waals surface area contributed by atoms with E-state index in [1.54, 1.807) is 26.0 Å². The molecule has 0 spiro atoms. The van der Waals surface area contributed by atoms with Crippen molar-refractivity contribution < 1.29 is 14.3 Å². The molecule has 7 heteroatoms. The van der Waals surface area contributed by atoms with Crippen molar-refractivity contribution in [3.63, 3.8) is 0 Å². The minimum atomic E-state index is -0.712. The fraction of sp³-hybridized carbons (Fsp3) is 0.286. The van der Waals surface area contributed by atoms with Gasteiger partial charge in [0.25, 0.3) is 0 Å². The van der Waals surface area contributed by atoms with Crippen molar-refractivity contribution in [1.29, 1.82) is 0 Å². The second-order valence-electron chi connectivity index (χ2n) is 6.86. The second kappa shape index (κ2) is 8.56. The topological polar surface area (TPSA) is 96.1 Å². The van der Waals surface area contributed by atoms with E-state index < -0.39 is 6.04 Å². The molecule has 0 saturated heterocycles. The summed E-state index contributed by atoms with van der Waals surface area (Å²) >= 11 is 0. The van der Waals surface area contributed by atoms with Crippen LogP contribution in [0.15, 0.2) is 48.8 Å². The number of nitrogens with one attached hydrogen (secondary N) is 3. The summed E-state index contributed by atoms with van der Waals surface area (Å²) < 4.78 is 5.03. The molecule has 2 heterocycles. The number of carbonyl (C=O) groups excluding carboxylic acids is 2. The molecule has 146 valence electrons. The number of amides is 2. The minimum Gasteiger partial charge on any atom is -0.481 e. The number of carbonyl (C=O) groups is 2. The van der Waals surface area contributed by atoms with Gasteiger partial charge in [0.1, 0.15) is 6.04 Å². The maximum absolute atomic E-state index is 12.9. The number of pyridine rings is 1. The molecule has 0 aliphatic rings. The lowest BCUT2D eigenvalue weighted by Crippen LogP contribution is -2.46. The van der Waals surface area contributed by atoms with Crippen molar-refractivity contribution in [3.8, 4) is 5.88 Å². The normalized spacial score (nSPS) is 12.0. The molecule has 0 radical (unpaired) electrons. The van der Waals surface area contributed by atoms with Gasteiger partial charge in [-0.15, -0.1) is 0 Å². The Morgan fingerprint density at radius 2 is 1.93 bits per heavy atom. The number of aromatic nitrogens is 2. The molecule has 3 rings (SSSR count). The third-order valence-corrected chi connectivity index (χ3v) is 4.47. The van der Waals surface area contributed by atoms with Crippen LogP contribution in [-0.2, 0) is 16.0 Å². The van der Waals surface area contributed by atoms with Crippen LogP contribution in [0.4, 0.5) is 5.69 Å². The largest absolute Gasteiger partial charge is 0.481 e. The van der Waals surface area contributed by atoms with Gasteiger partial charge in [-0.05, 0) is 17.7 Å². The number of ether oxygens (including phenoxy) is 1. The zero-order valence-corrected chi connectivity index (χ0v) is 16.2. The van der Waals surface area contributed by atoms with E-state index in [-0.39, 0.29) is 17.7 Å². The SMILES string of the molecule is COc1ccc(NC(=O)C(Cc2c[nH]c3ccccc23)NC(=O)C(C)C)cn1. The highest BCUT2D eigenvalue weighted by Crippen LogP contribution is 2.20. The van der Waals surface area contributed by atoms with Gasteiger partial charge in [-0.1, -0.05) is 32.0 Å². The molecule has 0 fully saturated rings. The van der Waals surface area contributed by atoms with Crippen molar-refractivity contribution in [2.45, 2.75) is 26.3 Å². The molecule has 0 aliphatic heterocycles. The molecule has 1 atom stereocenters. The first-order valence-electron chi connectivity index (χ1n) is 9.14. The average Bonchev–Trinajstić information content (AvgIpc) is 3.11. The summed E-state index contributed by atoms with van der Waals surface area (Å²) in [5, 5.41) is 6.70. The highest BCUT2D eigenvalue weighted by Gasteiger charge is 2.24. The zero-order chi connectivity index (χ0) is 20.1. The summed E-state index contributed by atoms with van der Waals surface area (Å²) in [5.74, 6) is -0.235. The maximum atomic E-state index is 12.9. The fourth-order valence-electron chi connectivity index (χ4n) is 2.87. The lowest BCUT2D eigenvalue weighted by atomic mass is 10.0. The molecule has 3 N–H and O–H groups in total. The van der Waals surface area contributed by atoms with Gasteiger partial charge in [-0.3, -0.25) is 9.59 Å². The zero-order valence-electron chi connectivity index (χ0n) is 16.2. The number of rotatable bonds is 7. The van der Waals surface area contributed by atoms with Crippen molar-refractivity contribution in [2.24, 2.45) is 5.92 Å². The number of para-hydroxylation sites is 1. The monoisotopic (exact) mass is 380 g/mol. The number of hydrogen-bond donors (Lipinski definition) is 3. The summed E-state index contributed by atoms with van der Waals surface area (Å²) in [6, 6.07) is 10.5. The van der Waals surface area contributed by atoms with E-state index in [1.165, 1.54) is 13.3 Å². The molecule has 3 aromatic rings. The molecule has 1 aromatic carbocycles. The number of H-pyrrole nitrogens is 1. The van der Waals surface area contributed by atoms with Crippen LogP contribution in [0.3, 0.4) is 0 Å². The number of methoxy groups -OCH3 is 1. The van der Waals surface area contributed by atoms with Gasteiger partial charge in [0, 0.05) is 35.5 Å². The van der Waals surface area contributed by atoms with E-state index in [0.29, 0.717) is 18.0 Å². The van der Waals surface area contributed by atoms with Crippen LogP contribution in [0.5, 0.6) is 5.88 Å². The van der Waals surface area contributed by atoms with Crippen LogP contribution in [-0.4, -0.2) is 34.9 Å². The molecule has 0 aliphatic carbocycles. The summed E-state index contributed by atoms with van der Waals surface area (Å²) in [7, 11) is 1.53. The van der Waals surface area contributed by atoms with E-state index in [4.69, 9.17) is 4.74 Å². The first-order chi connectivity index (χ1) is 13.5. The van der Waals surface area contributed by atoms with Crippen molar-refractivity contribution in [3.05, 3.63) is 54.4 Å². The number of hydrogen-bond acceptors (Lipinski definition) is 4. The molecular formula is C21H24N4O3. The lowest BCUT2D eigenvalue weighted by molar-refractivity contribution is -0.128. The van der Waals surface area contributed by atoms with E-state index in [0.717, 1.165) is 16.5 Å². The van der Waals surface area contributed by atoms with E-state index in [2.05, 4.69) is 20.6 Å². The standard InChI is InChI=1S/C21H24N4O3/c1-13(2)20(26)25-18(10-14-11-22-17-7-5-4-6-16(14)17)21(27)24-15-8-9-19(28-3)23-12-15/h4-9,11-13,18,22H,10H2,1-3H3,(H,24,27)(H,25,26). The average molecular weight is 380 g/mol. The predicted molar refractivity (Wildman–Crippen MR) is 108 cm³/mol. The summed E-state index contributed by atoms with van der Waals surface area (Å²) in [5.41, 5.74) is 2.49. The Morgan fingerprint density at radius 1 is 1.14 bits per heavy atom. The molecule has 7 nitrogen and oxygen atoms in total. The lowest BCUT2D eigenvalue weighted by Gasteiger charge is -2.19. The Labute approximate surface area is 163 Å². The number of aromatic amines is 1. The first-order valence-corrected chi connectivity index (χ1v) is 9.14. The van der Waals surface area contributed by atoms with Crippen LogP contribution >= 0.6 is 0 Å². The summed E-state index contributed by atoms with van der Waals surface area (Å²) in [6.45, 7) is 3.59. The van der Waals surface area contributed by atoms with Gasteiger partial charge in [0.2, 0.25) is 17.7 Å². The van der Waals surface area contributed by atoms with Crippen molar-refractivity contribution >= 4 is 28.4 Å². The summed E-state index contributed by atoms with van der Waals surface area (Å²) in [4.78, 5) is 32.4. The van der Waals surface area contributed by atoms with Crippen molar-refractivity contribution in [2.75, 3.05) is 12.4 Å². The van der Waals surface area contributed by atoms with Gasteiger partial charge in [0.15, 0.2) is 0 Å². The molecule has 0 bridgehead atoms. The Kier molecular flexibility index (Phi) is 5.93. The smallest absolute Gasteiger partial charge is 0.247 e. The molecule has 1 unspecified atom stereocenters. The third kappa shape index (κ3) is 4.49. The molecule has 2 aromatic heterocycles. The summed E-state index contributed by atoms with van der Waals surface area (Å²) in [6.07, 6.45) is 3.77. The fourth-order valence-corrected chi connectivity index (χ4v) is 2.87. The van der Waals surface area contributed by atoms with Crippen molar-refractivity contribution in [1.82, 2.24) is 15.3 Å². The Morgan fingerprint density at radius 3 is 2.61 bits per heavy atom. The van der Waals surface area contributed by atoms with Crippen LogP contribution in [0.1, 0.15) is 19.4 Å². The third-order valence-electron chi connectivity index (χ3n) is 4.47. The number of anilines is 1. The molecule has 28 heavy (non-hydrogen) atoms. The second-order valence-corrected chi connectivity index (χ2v) is 6.86. The Balaban J connectivity index is 1.80. The molecule has 2 amide bonds. The first kappa shape index (κ1) is 19.4. The van der Waals surface area contributed by atoms with E-state index in [9.17, 15) is 9.59 Å². The van der Waals surface area contributed by atoms with Gasteiger partial charge in [-0.2, -0.15) is 0 Å². The van der Waals surface area contributed by atoms with E-state index in [1.807, 2.05) is 30.5 Å². The van der Waals surface area contributed by atoms with Gasteiger partial charge < -0.3 is 20.4 Å². The van der Waals surface area contributed by atoms with E-state index >= 15 is 0 Å². The highest BCUT2D eigenvalue weighted by atomic mass is 16.5. The Hall–Kier alpha value is -3.35. The number of fused-ring (bicyclic) bond motifs is 1. The van der Waals surface area contributed by atoms with Gasteiger partial charge >= 0.3 is 0 Å². The van der Waals surface area contributed by atoms with Crippen LogP contribution in [0, 0.1) is 5.92 Å². The highest BCUT2D eigenvalue weighted by molar-refractivity contribution is 5.98.